The number of nitrogens with zero attached hydrogens (tertiary/aromatic N) is 3. The Hall–Kier alpha value is -3.24. The first-order chi connectivity index (χ1) is 14.1. The lowest BCUT2D eigenvalue weighted by Gasteiger charge is -2.27. The molecule has 0 aromatic heterocycles. The fourth-order valence-electron chi connectivity index (χ4n) is 3.58. The molecule has 29 heavy (non-hydrogen) atoms. The van der Waals surface area contributed by atoms with Crippen LogP contribution < -0.4 is 0 Å². The van der Waals surface area contributed by atoms with Crippen LogP contribution in [0, 0.1) is 13.8 Å². The maximum Gasteiger partial charge on any atom is 0.258 e. The van der Waals surface area contributed by atoms with Crippen LogP contribution >= 0.6 is 0 Å². The highest BCUT2D eigenvalue weighted by Gasteiger charge is 2.38. The molecule has 0 radical (unpaired) electrons. The highest BCUT2D eigenvalue weighted by Crippen LogP contribution is 2.32. The summed E-state index contributed by atoms with van der Waals surface area (Å²) in [5, 5.41) is 6.21. The van der Waals surface area contributed by atoms with Crippen LogP contribution in [-0.2, 0) is 11.3 Å². The number of rotatable bonds is 5. The van der Waals surface area contributed by atoms with Crippen LogP contribution in [0.2, 0.25) is 0 Å². The van der Waals surface area contributed by atoms with Crippen LogP contribution in [0.4, 0.5) is 0 Å². The van der Waals surface area contributed by atoms with Crippen LogP contribution in [0.3, 0.4) is 0 Å². The zero-order valence-electron chi connectivity index (χ0n) is 16.8. The van der Waals surface area contributed by atoms with Gasteiger partial charge in [0.25, 0.3) is 5.91 Å². The molecule has 1 atom stereocenters. The van der Waals surface area contributed by atoms with Crippen molar-refractivity contribution in [3.8, 4) is 0 Å². The second-order valence-corrected chi connectivity index (χ2v) is 7.57. The molecule has 4 rings (SSSR count). The molecule has 146 valence electrons. The van der Waals surface area contributed by atoms with Gasteiger partial charge in [0.15, 0.2) is 0 Å². The zero-order chi connectivity index (χ0) is 20.2. The Balaban J connectivity index is 1.65. The largest absolute Gasteiger partial charge is 0.271 e. The molecule has 0 saturated carbocycles. The molecule has 4 heteroatoms. The molecule has 1 aliphatic rings. The van der Waals surface area contributed by atoms with E-state index in [9.17, 15) is 4.79 Å². The van der Waals surface area contributed by atoms with Gasteiger partial charge in [0, 0.05) is 6.54 Å². The zero-order valence-corrected chi connectivity index (χ0v) is 16.8. The lowest BCUT2D eigenvalue weighted by atomic mass is 10.1. The van der Waals surface area contributed by atoms with Crippen molar-refractivity contribution >= 4 is 12.1 Å². The van der Waals surface area contributed by atoms with Gasteiger partial charge in [0.05, 0.1) is 12.8 Å². The van der Waals surface area contributed by atoms with E-state index in [1.54, 1.807) is 11.2 Å². The predicted molar refractivity (Wildman–Crippen MR) is 116 cm³/mol. The van der Waals surface area contributed by atoms with Gasteiger partial charge in [0.2, 0.25) is 0 Å². The topological polar surface area (TPSA) is 35.9 Å². The molecule has 1 fully saturated rings. The maximum atomic E-state index is 12.9. The summed E-state index contributed by atoms with van der Waals surface area (Å²) in [4.78, 5) is 15.0. The number of hydrogen-bond acceptors (Lipinski definition) is 3. The summed E-state index contributed by atoms with van der Waals surface area (Å²) in [5.41, 5.74) is 5.63. The Morgan fingerprint density at radius 1 is 0.897 bits per heavy atom. The number of carbonyl (C=O) groups excluding carboxylic acids is 1. The minimum absolute atomic E-state index is 0.00914. The molecule has 3 aromatic rings. The Morgan fingerprint density at radius 3 is 2.17 bits per heavy atom. The summed E-state index contributed by atoms with van der Waals surface area (Å²) < 4.78 is 0. The smallest absolute Gasteiger partial charge is 0.258 e. The van der Waals surface area contributed by atoms with E-state index in [4.69, 9.17) is 0 Å². The standard InChI is InChI=1S/C25H25N3O/c1-19-8-12-21(13-9-19)16-26-28-24(29)18-27(17-22-6-4-3-5-7-22)25(28)23-14-10-20(2)11-15-23/h3-16,25H,17-18H2,1-2H3/b26-16+. The van der Waals surface area contributed by atoms with E-state index in [0.29, 0.717) is 13.1 Å². The summed E-state index contributed by atoms with van der Waals surface area (Å²) >= 11 is 0. The number of aryl methyl sites for hydroxylation is 2. The Kier molecular flexibility index (Phi) is 5.54. The highest BCUT2D eigenvalue weighted by atomic mass is 16.2. The lowest BCUT2D eigenvalue weighted by Crippen LogP contribution is -2.28. The third kappa shape index (κ3) is 4.44. The monoisotopic (exact) mass is 383 g/mol. The van der Waals surface area contributed by atoms with Crippen molar-refractivity contribution in [2.24, 2.45) is 5.10 Å². The van der Waals surface area contributed by atoms with Crippen molar-refractivity contribution < 1.29 is 4.79 Å². The molecule has 0 aliphatic carbocycles. The van der Waals surface area contributed by atoms with Crippen LogP contribution in [0.5, 0.6) is 0 Å². The number of hydrazone groups is 1. The van der Waals surface area contributed by atoms with E-state index in [2.05, 4.69) is 60.2 Å². The van der Waals surface area contributed by atoms with E-state index in [1.165, 1.54) is 16.7 Å². The molecule has 0 N–H and O–H groups in total. The normalized spacial score (nSPS) is 17.4. The van der Waals surface area contributed by atoms with Gasteiger partial charge in [-0.15, -0.1) is 0 Å². The summed E-state index contributed by atoms with van der Waals surface area (Å²) in [7, 11) is 0. The van der Waals surface area contributed by atoms with Gasteiger partial charge >= 0.3 is 0 Å². The first-order valence-corrected chi connectivity index (χ1v) is 9.87. The molecular formula is C25H25N3O. The van der Waals surface area contributed by atoms with E-state index in [-0.39, 0.29) is 12.1 Å². The van der Waals surface area contributed by atoms with Gasteiger partial charge < -0.3 is 0 Å². The SMILES string of the molecule is Cc1ccc(/C=N/N2C(=O)CN(Cc3ccccc3)C2c2ccc(C)cc2)cc1. The van der Waals surface area contributed by atoms with Gasteiger partial charge in [-0.25, -0.2) is 5.01 Å². The first-order valence-electron chi connectivity index (χ1n) is 9.87. The molecule has 1 aliphatic heterocycles. The van der Waals surface area contributed by atoms with Crippen LogP contribution in [0.1, 0.15) is 34.0 Å². The Morgan fingerprint density at radius 2 is 1.52 bits per heavy atom. The summed E-state index contributed by atoms with van der Waals surface area (Å²) in [6.07, 6.45) is 1.55. The van der Waals surface area contributed by atoms with E-state index in [0.717, 1.165) is 11.1 Å². The van der Waals surface area contributed by atoms with Gasteiger partial charge in [-0.3, -0.25) is 9.69 Å². The second-order valence-electron chi connectivity index (χ2n) is 7.57. The van der Waals surface area contributed by atoms with Crippen molar-refractivity contribution in [2.45, 2.75) is 26.6 Å². The average molecular weight is 383 g/mol. The minimum Gasteiger partial charge on any atom is -0.271 e. The Bertz CT molecular complexity index is 995. The van der Waals surface area contributed by atoms with Crippen molar-refractivity contribution in [3.63, 3.8) is 0 Å². The number of benzene rings is 3. The van der Waals surface area contributed by atoms with Gasteiger partial charge in [0.1, 0.15) is 6.17 Å². The second kappa shape index (κ2) is 8.41. The van der Waals surface area contributed by atoms with E-state index >= 15 is 0 Å². The first kappa shape index (κ1) is 19.1. The van der Waals surface area contributed by atoms with Crippen LogP contribution in [-0.4, -0.2) is 28.6 Å². The summed E-state index contributed by atoms with van der Waals surface area (Å²) in [5.74, 6) is 0.00914. The van der Waals surface area contributed by atoms with Crippen molar-refractivity contribution in [1.29, 1.82) is 0 Å². The molecule has 3 aromatic carbocycles. The van der Waals surface area contributed by atoms with E-state index < -0.39 is 0 Å². The molecule has 1 unspecified atom stereocenters. The quantitative estimate of drug-likeness (QED) is 0.600. The average Bonchev–Trinajstić information content (AvgIpc) is 3.04. The molecule has 1 heterocycles. The van der Waals surface area contributed by atoms with Gasteiger partial charge in [-0.1, -0.05) is 90.0 Å². The third-order valence-corrected chi connectivity index (χ3v) is 5.18. The third-order valence-electron chi connectivity index (χ3n) is 5.18. The number of hydrogen-bond donors (Lipinski definition) is 0. The van der Waals surface area contributed by atoms with Crippen molar-refractivity contribution in [3.05, 3.63) is 107 Å². The van der Waals surface area contributed by atoms with Gasteiger partial charge in [-0.2, -0.15) is 5.10 Å². The fourth-order valence-corrected chi connectivity index (χ4v) is 3.58. The van der Waals surface area contributed by atoms with Crippen molar-refractivity contribution in [2.75, 3.05) is 6.54 Å². The lowest BCUT2D eigenvalue weighted by molar-refractivity contribution is -0.128. The van der Waals surface area contributed by atoms with Crippen LogP contribution in [0.25, 0.3) is 0 Å². The number of amides is 1. The summed E-state index contributed by atoms with van der Waals surface area (Å²) in [6, 6.07) is 26.7. The molecule has 0 spiro atoms. The Labute approximate surface area is 172 Å². The van der Waals surface area contributed by atoms with Crippen molar-refractivity contribution in [1.82, 2.24) is 9.91 Å². The molecule has 4 nitrogen and oxygen atoms in total. The van der Waals surface area contributed by atoms with Crippen LogP contribution in [0.15, 0.2) is 84.0 Å². The maximum absolute atomic E-state index is 12.9. The highest BCUT2D eigenvalue weighted by molar-refractivity contribution is 5.84. The molecule has 0 bridgehead atoms. The molecule has 1 amide bonds. The predicted octanol–water partition coefficient (Wildman–Crippen LogP) is 4.68. The fraction of sp³-hybridized carbons (Fsp3) is 0.200. The molecule has 1 saturated heterocycles. The van der Waals surface area contributed by atoms with E-state index in [1.807, 2.05) is 42.5 Å². The molecular weight excluding hydrogens is 358 g/mol. The number of carbonyl (C=O) groups is 1. The summed E-state index contributed by atoms with van der Waals surface area (Å²) in [6.45, 7) is 5.17. The minimum atomic E-state index is -0.218. The van der Waals surface area contributed by atoms with Gasteiger partial charge in [-0.05, 0) is 30.5 Å².